The van der Waals surface area contributed by atoms with Crippen LogP contribution in [0.5, 0.6) is 0 Å². The number of aryl methyl sites for hydroxylation is 1. The van der Waals surface area contributed by atoms with Crippen LogP contribution in [0.4, 0.5) is 5.69 Å². The van der Waals surface area contributed by atoms with E-state index in [1.165, 1.54) is 11.1 Å². The number of pyridine rings is 1. The molecular formula is C23H25N3O. The number of benzene rings is 2. The minimum absolute atomic E-state index is 0.108. The highest BCUT2D eigenvalue weighted by Crippen LogP contribution is 2.18. The summed E-state index contributed by atoms with van der Waals surface area (Å²) in [7, 11) is 0. The first kappa shape index (κ1) is 18.6. The molecule has 0 unspecified atom stereocenters. The third kappa shape index (κ3) is 4.94. The van der Waals surface area contributed by atoms with E-state index < -0.39 is 0 Å². The maximum absolute atomic E-state index is 12.6. The molecule has 0 saturated carbocycles. The summed E-state index contributed by atoms with van der Waals surface area (Å²) in [6.45, 7) is 6.29. The zero-order valence-corrected chi connectivity index (χ0v) is 15.9. The van der Waals surface area contributed by atoms with Crippen LogP contribution in [0.1, 0.15) is 34.0 Å². The number of aromatic nitrogens is 1. The maximum Gasteiger partial charge on any atom is 0.253 e. The van der Waals surface area contributed by atoms with Gasteiger partial charge in [0.25, 0.3) is 5.91 Å². The van der Waals surface area contributed by atoms with Crippen LogP contribution >= 0.6 is 0 Å². The molecule has 1 aromatic heterocycles. The Bertz CT molecular complexity index is 893. The molecule has 3 rings (SSSR count). The molecule has 0 spiro atoms. The molecule has 1 heterocycles. The number of hydrogen-bond acceptors (Lipinski definition) is 3. The second kappa shape index (κ2) is 8.99. The van der Waals surface area contributed by atoms with Crippen LogP contribution in [0, 0.1) is 6.92 Å². The van der Waals surface area contributed by atoms with Crippen LogP contribution in [0.2, 0.25) is 0 Å². The van der Waals surface area contributed by atoms with Crippen LogP contribution in [0.3, 0.4) is 0 Å². The lowest BCUT2D eigenvalue weighted by atomic mass is 10.1. The Morgan fingerprint density at radius 1 is 1.04 bits per heavy atom. The average molecular weight is 359 g/mol. The van der Waals surface area contributed by atoms with Crippen molar-refractivity contribution in [2.24, 2.45) is 0 Å². The molecule has 0 fully saturated rings. The molecule has 0 aliphatic heterocycles. The van der Waals surface area contributed by atoms with Gasteiger partial charge in [-0.1, -0.05) is 54.6 Å². The standard InChI is InChI=1S/C23H25N3O/c1-3-26(17-19-10-5-4-6-11-19)22-13-21(14-24-16-22)23(27)25-15-20-12-8-7-9-18(20)2/h4-14,16H,3,15,17H2,1-2H3,(H,25,27). The van der Waals surface area contributed by atoms with E-state index in [4.69, 9.17) is 0 Å². The quantitative estimate of drug-likeness (QED) is 0.682. The Morgan fingerprint density at radius 2 is 1.78 bits per heavy atom. The molecule has 0 bridgehead atoms. The fourth-order valence-electron chi connectivity index (χ4n) is 3.00. The fourth-order valence-corrected chi connectivity index (χ4v) is 3.00. The van der Waals surface area contributed by atoms with Crippen molar-refractivity contribution in [1.82, 2.24) is 10.3 Å². The molecule has 0 saturated heterocycles. The molecule has 4 nitrogen and oxygen atoms in total. The summed E-state index contributed by atoms with van der Waals surface area (Å²) in [4.78, 5) is 19.1. The number of amides is 1. The van der Waals surface area contributed by atoms with E-state index in [0.717, 1.165) is 24.3 Å². The van der Waals surface area contributed by atoms with Crippen molar-refractivity contribution >= 4 is 11.6 Å². The van der Waals surface area contributed by atoms with Gasteiger partial charge in [-0.05, 0) is 36.6 Å². The van der Waals surface area contributed by atoms with Crippen LogP contribution in [-0.2, 0) is 13.1 Å². The van der Waals surface area contributed by atoms with Crippen molar-refractivity contribution in [3.8, 4) is 0 Å². The van der Waals surface area contributed by atoms with E-state index in [0.29, 0.717) is 12.1 Å². The number of carbonyl (C=O) groups is 1. The minimum atomic E-state index is -0.108. The van der Waals surface area contributed by atoms with Crippen molar-refractivity contribution in [3.05, 3.63) is 95.3 Å². The van der Waals surface area contributed by atoms with E-state index >= 15 is 0 Å². The summed E-state index contributed by atoms with van der Waals surface area (Å²) >= 11 is 0. The Labute approximate surface area is 160 Å². The van der Waals surface area contributed by atoms with Crippen molar-refractivity contribution < 1.29 is 4.79 Å². The predicted octanol–water partition coefficient (Wildman–Crippen LogP) is 4.35. The zero-order chi connectivity index (χ0) is 19.1. The average Bonchev–Trinajstić information content (AvgIpc) is 2.72. The molecule has 2 aromatic carbocycles. The van der Waals surface area contributed by atoms with Crippen LogP contribution in [0.15, 0.2) is 73.1 Å². The fraction of sp³-hybridized carbons (Fsp3) is 0.217. The molecule has 4 heteroatoms. The second-order valence-electron chi connectivity index (χ2n) is 6.54. The molecule has 138 valence electrons. The van der Waals surface area contributed by atoms with E-state index in [-0.39, 0.29) is 5.91 Å². The number of anilines is 1. The first-order valence-electron chi connectivity index (χ1n) is 9.24. The largest absolute Gasteiger partial charge is 0.366 e. The van der Waals surface area contributed by atoms with E-state index in [1.54, 1.807) is 6.20 Å². The monoisotopic (exact) mass is 359 g/mol. The van der Waals surface area contributed by atoms with Gasteiger partial charge in [-0.2, -0.15) is 0 Å². The normalized spacial score (nSPS) is 10.4. The number of rotatable bonds is 7. The summed E-state index contributed by atoms with van der Waals surface area (Å²) in [5.74, 6) is -0.108. The molecule has 1 N–H and O–H groups in total. The summed E-state index contributed by atoms with van der Waals surface area (Å²) in [6.07, 6.45) is 3.43. The minimum Gasteiger partial charge on any atom is -0.366 e. The third-order valence-electron chi connectivity index (χ3n) is 4.65. The van der Waals surface area contributed by atoms with Gasteiger partial charge in [-0.3, -0.25) is 9.78 Å². The second-order valence-corrected chi connectivity index (χ2v) is 6.54. The first-order valence-corrected chi connectivity index (χ1v) is 9.24. The molecular weight excluding hydrogens is 334 g/mol. The summed E-state index contributed by atoms with van der Waals surface area (Å²) < 4.78 is 0. The van der Waals surface area contributed by atoms with Gasteiger partial charge >= 0.3 is 0 Å². The van der Waals surface area contributed by atoms with E-state index in [9.17, 15) is 4.79 Å². The van der Waals surface area contributed by atoms with E-state index in [1.807, 2.05) is 61.7 Å². The Morgan fingerprint density at radius 3 is 2.52 bits per heavy atom. The molecule has 3 aromatic rings. The van der Waals surface area contributed by atoms with Crippen LogP contribution in [0.25, 0.3) is 0 Å². The maximum atomic E-state index is 12.6. The zero-order valence-electron chi connectivity index (χ0n) is 15.9. The topological polar surface area (TPSA) is 45.2 Å². The smallest absolute Gasteiger partial charge is 0.253 e. The van der Waals surface area contributed by atoms with Crippen molar-refractivity contribution in [3.63, 3.8) is 0 Å². The van der Waals surface area contributed by atoms with Gasteiger partial charge in [-0.15, -0.1) is 0 Å². The molecule has 0 aliphatic rings. The number of carbonyl (C=O) groups excluding carboxylic acids is 1. The highest BCUT2D eigenvalue weighted by molar-refractivity contribution is 5.94. The lowest BCUT2D eigenvalue weighted by Gasteiger charge is -2.23. The van der Waals surface area contributed by atoms with Crippen molar-refractivity contribution in [2.45, 2.75) is 26.9 Å². The third-order valence-corrected chi connectivity index (χ3v) is 4.65. The van der Waals surface area contributed by atoms with Gasteiger partial charge in [0, 0.05) is 25.8 Å². The molecule has 27 heavy (non-hydrogen) atoms. The predicted molar refractivity (Wildman–Crippen MR) is 110 cm³/mol. The van der Waals surface area contributed by atoms with Crippen molar-refractivity contribution in [1.29, 1.82) is 0 Å². The number of hydrogen-bond donors (Lipinski definition) is 1. The summed E-state index contributed by atoms with van der Waals surface area (Å²) in [5, 5.41) is 2.99. The Balaban J connectivity index is 1.70. The van der Waals surface area contributed by atoms with Gasteiger partial charge in [0.05, 0.1) is 17.4 Å². The Hall–Kier alpha value is -3.14. The summed E-state index contributed by atoms with van der Waals surface area (Å²) in [6, 6.07) is 20.3. The molecule has 1 amide bonds. The van der Waals surface area contributed by atoms with Crippen LogP contribution < -0.4 is 10.2 Å². The van der Waals surface area contributed by atoms with Gasteiger partial charge in [0.1, 0.15) is 0 Å². The highest BCUT2D eigenvalue weighted by atomic mass is 16.1. The molecule has 0 atom stereocenters. The van der Waals surface area contributed by atoms with Crippen LogP contribution in [-0.4, -0.2) is 17.4 Å². The van der Waals surface area contributed by atoms with Crippen molar-refractivity contribution in [2.75, 3.05) is 11.4 Å². The molecule has 0 aliphatic carbocycles. The highest BCUT2D eigenvalue weighted by Gasteiger charge is 2.11. The van der Waals surface area contributed by atoms with Gasteiger partial charge < -0.3 is 10.2 Å². The Kier molecular flexibility index (Phi) is 6.21. The molecule has 0 radical (unpaired) electrons. The lowest BCUT2D eigenvalue weighted by Crippen LogP contribution is -2.25. The first-order chi connectivity index (χ1) is 13.2. The van der Waals surface area contributed by atoms with Gasteiger partial charge in [0.2, 0.25) is 0 Å². The van der Waals surface area contributed by atoms with Gasteiger partial charge in [0.15, 0.2) is 0 Å². The number of nitrogens with one attached hydrogen (secondary N) is 1. The lowest BCUT2D eigenvalue weighted by molar-refractivity contribution is 0.0950. The SMILES string of the molecule is CCN(Cc1ccccc1)c1cncc(C(=O)NCc2ccccc2C)c1. The summed E-state index contributed by atoms with van der Waals surface area (Å²) in [5.41, 5.74) is 5.05. The van der Waals surface area contributed by atoms with E-state index in [2.05, 4.69) is 34.3 Å². The van der Waals surface area contributed by atoms with Gasteiger partial charge in [-0.25, -0.2) is 0 Å². The number of nitrogens with zero attached hydrogens (tertiary/aromatic N) is 2.